The van der Waals surface area contributed by atoms with Gasteiger partial charge in [-0.15, -0.1) is 0 Å². The Kier molecular flexibility index (Phi) is 4.98. The zero-order valence-electron chi connectivity index (χ0n) is 11.8. The molecular formula is C15H18N4O2. The maximum atomic E-state index is 5.72. The molecule has 2 aromatic rings. The second kappa shape index (κ2) is 7.14. The van der Waals surface area contributed by atoms with Crippen LogP contribution in [0.4, 0.5) is 0 Å². The molecule has 4 N–H and O–H groups in total. The molecule has 110 valence electrons. The fourth-order valence-electron chi connectivity index (χ4n) is 1.67. The molecule has 0 aliphatic carbocycles. The molecule has 0 fully saturated rings. The highest BCUT2D eigenvalue weighted by atomic mass is 16.5. The van der Waals surface area contributed by atoms with Gasteiger partial charge in [0.2, 0.25) is 5.88 Å². The number of aromatic nitrogens is 1. The van der Waals surface area contributed by atoms with Crippen LogP contribution in [0, 0.1) is 0 Å². The summed E-state index contributed by atoms with van der Waals surface area (Å²) in [5.74, 6) is 1.85. The van der Waals surface area contributed by atoms with Crippen molar-refractivity contribution in [3.8, 4) is 17.4 Å². The van der Waals surface area contributed by atoms with Gasteiger partial charge in [0.05, 0.1) is 13.2 Å². The van der Waals surface area contributed by atoms with Gasteiger partial charge in [-0.3, -0.25) is 0 Å². The van der Waals surface area contributed by atoms with E-state index in [1.807, 2.05) is 37.3 Å². The van der Waals surface area contributed by atoms with E-state index in [-0.39, 0.29) is 5.96 Å². The molecular weight excluding hydrogens is 268 g/mol. The summed E-state index contributed by atoms with van der Waals surface area (Å²) in [5.41, 5.74) is 11.5. The summed E-state index contributed by atoms with van der Waals surface area (Å²) in [6, 6.07) is 11.1. The average Bonchev–Trinajstić information content (AvgIpc) is 2.49. The summed E-state index contributed by atoms with van der Waals surface area (Å²) in [7, 11) is 0. The second-order valence-electron chi connectivity index (χ2n) is 4.23. The number of ether oxygens (including phenoxy) is 2. The molecule has 0 radical (unpaired) electrons. The molecule has 21 heavy (non-hydrogen) atoms. The maximum absolute atomic E-state index is 5.72. The molecule has 0 atom stereocenters. The van der Waals surface area contributed by atoms with Crippen molar-refractivity contribution in [2.45, 2.75) is 13.5 Å². The Hall–Kier alpha value is -2.76. The van der Waals surface area contributed by atoms with Crippen LogP contribution in [0.1, 0.15) is 12.5 Å². The number of pyridine rings is 1. The minimum Gasteiger partial charge on any atom is -0.490 e. The van der Waals surface area contributed by atoms with Crippen molar-refractivity contribution in [3.63, 3.8) is 0 Å². The summed E-state index contributed by atoms with van der Waals surface area (Å²) >= 11 is 0. The standard InChI is InChI=1S/C15H18N4O2/c1-2-20-12-5-3-4-6-13(12)21-14-8-7-11(9-18-14)10-19-15(16)17/h3-9H,2,10H2,1H3,(H4,16,17,19). The summed E-state index contributed by atoms with van der Waals surface area (Å²) in [6.07, 6.45) is 1.67. The Balaban J connectivity index is 2.08. The van der Waals surface area contributed by atoms with E-state index in [0.717, 1.165) is 5.56 Å². The number of hydrogen-bond acceptors (Lipinski definition) is 4. The SMILES string of the molecule is CCOc1ccccc1Oc1ccc(CN=C(N)N)cn1. The van der Waals surface area contributed by atoms with Crippen molar-refractivity contribution in [1.29, 1.82) is 0 Å². The molecule has 0 unspecified atom stereocenters. The van der Waals surface area contributed by atoms with E-state index in [9.17, 15) is 0 Å². The second-order valence-corrected chi connectivity index (χ2v) is 4.23. The predicted molar refractivity (Wildman–Crippen MR) is 81.4 cm³/mol. The van der Waals surface area contributed by atoms with Crippen LogP contribution in [0.3, 0.4) is 0 Å². The molecule has 0 spiro atoms. The summed E-state index contributed by atoms with van der Waals surface area (Å²) in [6.45, 7) is 2.89. The Bertz CT molecular complexity index is 607. The summed E-state index contributed by atoms with van der Waals surface area (Å²) in [5, 5.41) is 0. The number of guanidine groups is 1. The number of nitrogens with two attached hydrogens (primary N) is 2. The van der Waals surface area contributed by atoms with Crippen LogP contribution in [0.25, 0.3) is 0 Å². The molecule has 6 nitrogen and oxygen atoms in total. The Morgan fingerprint density at radius 2 is 1.90 bits per heavy atom. The topological polar surface area (TPSA) is 95.8 Å². The van der Waals surface area contributed by atoms with Crippen LogP contribution >= 0.6 is 0 Å². The largest absolute Gasteiger partial charge is 0.490 e. The minimum atomic E-state index is 0.0565. The van der Waals surface area contributed by atoms with Crippen LogP contribution in [-0.2, 0) is 6.54 Å². The summed E-state index contributed by atoms with van der Waals surface area (Å²) in [4.78, 5) is 8.14. The van der Waals surface area contributed by atoms with Gasteiger partial charge in [0.15, 0.2) is 17.5 Å². The van der Waals surface area contributed by atoms with Crippen molar-refractivity contribution < 1.29 is 9.47 Å². The molecule has 0 aliphatic heterocycles. The Morgan fingerprint density at radius 3 is 2.52 bits per heavy atom. The molecule has 0 saturated carbocycles. The fraction of sp³-hybridized carbons (Fsp3) is 0.200. The van der Waals surface area contributed by atoms with E-state index in [2.05, 4.69) is 9.98 Å². The third kappa shape index (κ3) is 4.38. The highest BCUT2D eigenvalue weighted by molar-refractivity contribution is 5.75. The van der Waals surface area contributed by atoms with Crippen molar-refractivity contribution in [2.75, 3.05) is 6.61 Å². The van der Waals surface area contributed by atoms with Crippen LogP contribution in [0.15, 0.2) is 47.6 Å². The van der Waals surface area contributed by atoms with Crippen LogP contribution in [-0.4, -0.2) is 17.6 Å². The Morgan fingerprint density at radius 1 is 1.14 bits per heavy atom. The van der Waals surface area contributed by atoms with E-state index in [1.54, 1.807) is 12.3 Å². The molecule has 1 heterocycles. The number of hydrogen-bond donors (Lipinski definition) is 2. The van der Waals surface area contributed by atoms with Crippen molar-refractivity contribution in [1.82, 2.24) is 4.98 Å². The first-order valence-electron chi connectivity index (χ1n) is 6.59. The van der Waals surface area contributed by atoms with E-state index in [4.69, 9.17) is 20.9 Å². The number of rotatable bonds is 6. The molecule has 6 heteroatoms. The smallest absolute Gasteiger partial charge is 0.219 e. The van der Waals surface area contributed by atoms with Crippen LogP contribution in [0.2, 0.25) is 0 Å². The van der Waals surface area contributed by atoms with Gasteiger partial charge in [0, 0.05) is 12.3 Å². The van der Waals surface area contributed by atoms with E-state index in [0.29, 0.717) is 30.5 Å². The lowest BCUT2D eigenvalue weighted by Gasteiger charge is -2.10. The first kappa shape index (κ1) is 14.6. The van der Waals surface area contributed by atoms with Crippen molar-refractivity contribution in [3.05, 3.63) is 48.2 Å². The number of para-hydroxylation sites is 2. The highest BCUT2D eigenvalue weighted by Gasteiger charge is 2.05. The molecule has 1 aromatic carbocycles. The monoisotopic (exact) mass is 286 g/mol. The predicted octanol–water partition coefficient (Wildman–Crippen LogP) is 2.05. The number of aliphatic imine (C=N–C) groups is 1. The summed E-state index contributed by atoms with van der Waals surface area (Å²) < 4.78 is 11.2. The molecule has 0 bridgehead atoms. The van der Waals surface area contributed by atoms with Gasteiger partial charge < -0.3 is 20.9 Å². The van der Waals surface area contributed by atoms with Crippen molar-refractivity contribution in [2.24, 2.45) is 16.5 Å². The molecule has 0 amide bonds. The zero-order valence-corrected chi connectivity index (χ0v) is 11.8. The number of benzene rings is 1. The van der Waals surface area contributed by atoms with Gasteiger partial charge in [-0.05, 0) is 24.6 Å². The molecule has 0 saturated heterocycles. The third-order valence-corrected chi connectivity index (χ3v) is 2.61. The van der Waals surface area contributed by atoms with Crippen molar-refractivity contribution >= 4 is 5.96 Å². The lowest BCUT2D eigenvalue weighted by Crippen LogP contribution is -2.22. The zero-order chi connectivity index (χ0) is 15.1. The molecule has 2 rings (SSSR count). The van der Waals surface area contributed by atoms with Crippen LogP contribution in [0.5, 0.6) is 17.4 Å². The quantitative estimate of drug-likeness (QED) is 0.626. The van der Waals surface area contributed by atoms with Gasteiger partial charge in [0.1, 0.15) is 0 Å². The van der Waals surface area contributed by atoms with E-state index < -0.39 is 0 Å². The fourth-order valence-corrected chi connectivity index (χ4v) is 1.67. The van der Waals surface area contributed by atoms with E-state index in [1.165, 1.54) is 0 Å². The molecule has 0 aliphatic rings. The van der Waals surface area contributed by atoms with Gasteiger partial charge in [-0.25, -0.2) is 9.98 Å². The lowest BCUT2D eigenvalue weighted by molar-refractivity contribution is 0.319. The first-order chi connectivity index (χ1) is 10.2. The number of nitrogens with zero attached hydrogens (tertiary/aromatic N) is 2. The maximum Gasteiger partial charge on any atom is 0.219 e. The van der Waals surface area contributed by atoms with E-state index >= 15 is 0 Å². The third-order valence-electron chi connectivity index (χ3n) is 2.61. The van der Waals surface area contributed by atoms with Crippen LogP contribution < -0.4 is 20.9 Å². The normalized spacial score (nSPS) is 9.95. The highest BCUT2D eigenvalue weighted by Crippen LogP contribution is 2.30. The van der Waals surface area contributed by atoms with Gasteiger partial charge in [-0.1, -0.05) is 18.2 Å². The Labute approximate surface area is 123 Å². The van der Waals surface area contributed by atoms with Gasteiger partial charge >= 0.3 is 0 Å². The van der Waals surface area contributed by atoms with Gasteiger partial charge in [-0.2, -0.15) is 0 Å². The minimum absolute atomic E-state index is 0.0565. The van der Waals surface area contributed by atoms with Gasteiger partial charge in [0.25, 0.3) is 0 Å². The molecule has 1 aromatic heterocycles. The lowest BCUT2D eigenvalue weighted by atomic mass is 10.3. The average molecular weight is 286 g/mol. The first-order valence-corrected chi connectivity index (χ1v) is 6.59.